The lowest BCUT2D eigenvalue weighted by molar-refractivity contribution is 0.170. The van der Waals surface area contributed by atoms with Crippen molar-refractivity contribution in [2.45, 2.75) is 65.2 Å². The van der Waals surface area contributed by atoms with Crippen molar-refractivity contribution in [2.24, 2.45) is 11.3 Å². The topological polar surface area (TPSA) is 0 Å². The van der Waals surface area contributed by atoms with Crippen LogP contribution in [-0.2, 0) is 0 Å². The van der Waals surface area contributed by atoms with Gasteiger partial charge in [-0.05, 0) is 30.6 Å². The maximum absolute atomic E-state index is 6.18. The molecular weight excluding hydrogens is 192 g/mol. The highest BCUT2D eigenvalue weighted by Crippen LogP contribution is 2.42. The summed E-state index contributed by atoms with van der Waals surface area (Å²) in [6, 6.07) is 0. The first-order valence-electron chi connectivity index (χ1n) is 6.28. The van der Waals surface area contributed by atoms with E-state index >= 15 is 0 Å². The fourth-order valence-electron chi connectivity index (χ4n) is 3.03. The molecule has 1 fully saturated rings. The van der Waals surface area contributed by atoms with Gasteiger partial charge in [0.2, 0.25) is 0 Å². The van der Waals surface area contributed by atoms with Gasteiger partial charge in [0.15, 0.2) is 0 Å². The van der Waals surface area contributed by atoms with Crippen LogP contribution in [0.1, 0.15) is 65.2 Å². The normalized spacial score (nSPS) is 23.4. The molecule has 0 aliphatic heterocycles. The van der Waals surface area contributed by atoms with E-state index in [1.807, 2.05) is 0 Å². The van der Waals surface area contributed by atoms with E-state index in [0.717, 1.165) is 11.8 Å². The summed E-state index contributed by atoms with van der Waals surface area (Å²) in [5.74, 6) is 1.76. The molecular formula is C13H25Cl. The van der Waals surface area contributed by atoms with Gasteiger partial charge in [-0.3, -0.25) is 0 Å². The number of alkyl halides is 1. The van der Waals surface area contributed by atoms with Crippen LogP contribution >= 0.6 is 11.6 Å². The Morgan fingerprint density at radius 3 is 2.36 bits per heavy atom. The molecule has 0 radical (unpaired) electrons. The van der Waals surface area contributed by atoms with Gasteiger partial charge in [-0.25, -0.2) is 0 Å². The Kier molecular flexibility index (Phi) is 5.30. The third-order valence-electron chi connectivity index (χ3n) is 3.76. The largest absolute Gasteiger partial charge is 0.126 e. The maximum atomic E-state index is 6.18. The SMILES string of the molecule is CCCC(C)CC1(CCl)CCCCC1. The summed E-state index contributed by atoms with van der Waals surface area (Å²) in [6.45, 7) is 4.68. The maximum Gasteiger partial charge on any atom is 0.0280 e. The molecule has 1 aliphatic rings. The number of rotatable bonds is 5. The quantitative estimate of drug-likeness (QED) is 0.568. The van der Waals surface area contributed by atoms with Gasteiger partial charge in [-0.15, -0.1) is 11.6 Å². The molecule has 1 aliphatic carbocycles. The summed E-state index contributed by atoms with van der Waals surface area (Å²) in [7, 11) is 0. The van der Waals surface area contributed by atoms with Crippen molar-refractivity contribution in [3.8, 4) is 0 Å². The number of hydrogen-bond acceptors (Lipinski definition) is 0. The van der Waals surface area contributed by atoms with E-state index in [-0.39, 0.29) is 0 Å². The van der Waals surface area contributed by atoms with Crippen LogP contribution in [0.5, 0.6) is 0 Å². The summed E-state index contributed by atoms with van der Waals surface area (Å²) in [6.07, 6.45) is 11.1. The fraction of sp³-hybridized carbons (Fsp3) is 1.00. The molecule has 0 spiro atoms. The third kappa shape index (κ3) is 3.46. The van der Waals surface area contributed by atoms with Crippen molar-refractivity contribution < 1.29 is 0 Å². The van der Waals surface area contributed by atoms with Gasteiger partial charge in [0.1, 0.15) is 0 Å². The van der Waals surface area contributed by atoms with E-state index in [2.05, 4.69) is 13.8 Å². The molecule has 0 aromatic carbocycles. The van der Waals surface area contributed by atoms with E-state index in [4.69, 9.17) is 11.6 Å². The van der Waals surface area contributed by atoms with Crippen LogP contribution in [0.25, 0.3) is 0 Å². The number of hydrogen-bond donors (Lipinski definition) is 0. The molecule has 14 heavy (non-hydrogen) atoms. The van der Waals surface area contributed by atoms with Crippen molar-refractivity contribution >= 4 is 11.6 Å². The van der Waals surface area contributed by atoms with Crippen molar-refractivity contribution in [2.75, 3.05) is 5.88 Å². The lowest BCUT2D eigenvalue weighted by Crippen LogP contribution is -2.28. The number of halogens is 1. The zero-order valence-corrected chi connectivity index (χ0v) is 10.6. The minimum atomic E-state index is 0.508. The minimum absolute atomic E-state index is 0.508. The monoisotopic (exact) mass is 216 g/mol. The standard InChI is InChI=1S/C13H25Cl/c1-3-7-12(2)10-13(11-14)8-5-4-6-9-13/h12H,3-11H2,1-2H3. The Morgan fingerprint density at radius 2 is 1.86 bits per heavy atom. The second-order valence-corrected chi connectivity index (χ2v) is 5.56. The minimum Gasteiger partial charge on any atom is -0.126 e. The molecule has 0 saturated heterocycles. The van der Waals surface area contributed by atoms with Gasteiger partial charge in [0.05, 0.1) is 0 Å². The fourth-order valence-corrected chi connectivity index (χ4v) is 3.40. The first-order valence-corrected chi connectivity index (χ1v) is 6.82. The Hall–Kier alpha value is 0.290. The smallest absolute Gasteiger partial charge is 0.0280 e. The summed E-state index contributed by atoms with van der Waals surface area (Å²) >= 11 is 6.18. The summed E-state index contributed by atoms with van der Waals surface area (Å²) in [4.78, 5) is 0. The molecule has 84 valence electrons. The molecule has 0 N–H and O–H groups in total. The van der Waals surface area contributed by atoms with E-state index in [1.54, 1.807) is 0 Å². The van der Waals surface area contributed by atoms with Crippen molar-refractivity contribution in [3.05, 3.63) is 0 Å². The molecule has 1 atom stereocenters. The van der Waals surface area contributed by atoms with Gasteiger partial charge in [-0.1, -0.05) is 46.0 Å². The van der Waals surface area contributed by atoms with Gasteiger partial charge in [-0.2, -0.15) is 0 Å². The second kappa shape index (κ2) is 6.00. The Morgan fingerprint density at radius 1 is 1.21 bits per heavy atom. The van der Waals surface area contributed by atoms with Crippen molar-refractivity contribution in [1.29, 1.82) is 0 Å². The van der Waals surface area contributed by atoms with Crippen LogP contribution in [0.4, 0.5) is 0 Å². The molecule has 0 heterocycles. The van der Waals surface area contributed by atoms with Crippen LogP contribution in [0.3, 0.4) is 0 Å². The summed E-state index contributed by atoms with van der Waals surface area (Å²) < 4.78 is 0. The molecule has 1 unspecified atom stereocenters. The highest BCUT2D eigenvalue weighted by Gasteiger charge is 2.32. The van der Waals surface area contributed by atoms with E-state index < -0.39 is 0 Å². The molecule has 0 aromatic heterocycles. The molecule has 1 heteroatoms. The Labute approximate surface area is 94.4 Å². The van der Waals surface area contributed by atoms with E-state index in [0.29, 0.717) is 5.41 Å². The van der Waals surface area contributed by atoms with Gasteiger partial charge in [0, 0.05) is 5.88 Å². The van der Waals surface area contributed by atoms with Crippen LogP contribution in [-0.4, -0.2) is 5.88 Å². The first-order chi connectivity index (χ1) is 6.72. The van der Waals surface area contributed by atoms with E-state index in [9.17, 15) is 0 Å². The van der Waals surface area contributed by atoms with Crippen LogP contribution in [0, 0.1) is 11.3 Å². The second-order valence-electron chi connectivity index (χ2n) is 5.29. The highest BCUT2D eigenvalue weighted by molar-refractivity contribution is 6.18. The van der Waals surface area contributed by atoms with E-state index in [1.165, 1.54) is 51.4 Å². The zero-order valence-electron chi connectivity index (χ0n) is 9.82. The molecule has 1 rings (SSSR count). The molecule has 1 saturated carbocycles. The van der Waals surface area contributed by atoms with Gasteiger partial charge in [0.25, 0.3) is 0 Å². The summed E-state index contributed by atoms with van der Waals surface area (Å²) in [5, 5.41) is 0. The van der Waals surface area contributed by atoms with Gasteiger partial charge < -0.3 is 0 Å². The predicted octanol–water partition coefficient (Wildman–Crippen LogP) is 5.00. The van der Waals surface area contributed by atoms with Crippen LogP contribution in [0.2, 0.25) is 0 Å². The average molecular weight is 217 g/mol. The zero-order chi connectivity index (χ0) is 10.4. The first kappa shape index (κ1) is 12.4. The highest BCUT2D eigenvalue weighted by atomic mass is 35.5. The third-order valence-corrected chi connectivity index (χ3v) is 4.33. The molecule has 0 aromatic rings. The Balaban J connectivity index is 2.42. The Bertz CT molecular complexity index is 147. The predicted molar refractivity (Wildman–Crippen MR) is 64.9 cm³/mol. The summed E-state index contributed by atoms with van der Waals surface area (Å²) in [5.41, 5.74) is 0.508. The molecule has 0 amide bonds. The van der Waals surface area contributed by atoms with Crippen LogP contribution in [0.15, 0.2) is 0 Å². The molecule has 0 bridgehead atoms. The average Bonchev–Trinajstić information content (AvgIpc) is 2.19. The lowest BCUT2D eigenvalue weighted by atomic mass is 9.70. The van der Waals surface area contributed by atoms with Gasteiger partial charge >= 0.3 is 0 Å². The van der Waals surface area contributed by atoms with Crippen LogP contribution < -0.4 is 0 Å². The lowest BCUT2D eigenvalue weighted by Gasteiger charge is -2.37. The molecule has 0 nitrogen and oxygen atoms in total. The van der Waals surface area contributed by atoms with Crippen molar-refractivity contribution in [1.82, 2.24) is 0 Å². The van der Waals surface area contributed by atoms with Crippen molar-refractivity contribution in [3.63, 3.8) is 0 Å².